The van der Waals surface area contributed by atoms with Gasteiger partial charge in [-0.25, -0.2) is 9.97 Å². The summed E-state index contributed by atoms with van der Waals surface area (Å²) in [4.78, 5) is 29.5. The Balaban J connectivity index is 1.42. The molecule has 0 saturated carbocycles. The quantitative estimate of drug-likeness (QED) is 0.881. The first-order chi connectivity index (χ1) is 12.6. The third-order valence-electron chi connectivity index (χ3n) is 5.00. The van der Waals surface area contributed by atoms with Gasteiger partial charge in [0.15, 0.2) is 0 Å². The molecule has 1 fully saturated rings. The molecule has 26 heavy (non-hydrogen) atoms. The zero-order valence-corrected chi connectivity index (χ0v) is 15.4. The summed E-state index contributed by atoms with van der Waals surface area (Å²) in [6.07, 6.45) is 6.03. The highest BCUT2D eigenvalue weighted by atomic mass is 35.5. The Morgan fingerprint density at radius 3 is 2.92 bits per heavy atom. The van der Waals surface area contributed by atoms with E-state index in [0.29, 0.717) is 24.7 Å². The molecule has 1 N–H and O–H groups in total. The molecule has 7 nitrogen and oxygen atoms in total. The lowest BCUT2D eigenvalue weighted by molar-refractivity contribution is 0.0770. The van der Waals surface area contributed by atoms with Gasteiger partial charge in [0.25, 0.3) is 5.91 Å². The van der Waals surface area contributed by atoms with Gasteiger partial charge in [-0.3, -0.25) is 9.78 Å². The fourth-order valence-corrected chi connectivity index (χ4v) is 3.76. The average molecular weight is 373 g/mol. The average Bonchev–Trinajstić information content (AvgIpc) is 3.31. The lowest BCUT2D eigenvalue weighted by atomic mass is 10.1. The molecule has 0 aliphatic carbocycles. The Labute approximate surface area is 157 Å². The van der Waals surface area contributed by atoms with Crippen molar-refractivity contribution in [3.63, 3.8) is 0 Å². The highest BCUT2D eigenvalue weighted by Gasteiger charge is 2.25. The maximum absolute atomic E-state index is 12.6. The van der Waals surface area contributed by atoms with E-state index in [1.807, 2.05) is 7.05 Å². The van der Waals surface area contributed by atoms with E-state index >= 15 is 0 Å². The van der Waals surface area contributed by atoms with Gasteiger partial charge in [0.1, 0.15) is 11.5 Å². The zero-order chi connectivity index (χ0) is 18.1. The second-order valence-electron chi connectivity index (χ2n) is 6.88. The van der Waals surface area contributed by atoms with Gasteiger partial charge in [0, 0.05) is 36.9 Å². The number of carbonyl (C=O) groups is 1. The van der Waals surface area contributed by atoms with E-state index in [1.54, 1.807) is 29.6 Å². The standard InChI is InChI=1S/C18H21ClN6O/c1-24(9-12-2-4-20-6-12)18(26)15-7-23-17(8-22-15)25-10-13-14(19)3-5-21-16(13)11-25/h3,5,7-8,12,20H,2,4,6,9-11H2,1H3. The van der Waals surface area contributed by atoms with Crippen molar-refractivity contribution in [2.45, 2.75) is 19.5 Å². The summed E-state index contributed by atoms with van der Waals surface area (Å²) in [7, 11) is 1.82. The molecule has 2 aliphatic rings. The summed E-state index contributed by atoms with van der Waals surface area (Å²) < 4.78 is 0. The fourth-order valence-electron chi connectivity index (χ4n) is 3.53. The first-order valence-corrected chi connectivity index (χ1v) is 9.15. The monoisotopic (exact) mass is 372 g/mol. The third kappa shape index (κ3) is 3.37. The summed E-state index contributed by atoms with van der Waals surface area (Å²) in [5, 5.41) is 4.04. The van der Waals surface area contributed by atoms with Crippen LogP contribution in [0.4, 0.5) is 5.82 Å². The normalized spacial score (nSPS) is 18.8. The van der Waals surface area contributed by atoms with Crippen molar-refractivity contribution in [3.05, 3.63) is 46.6 Å². The number of halogens is 1. The van der Waals surface area contributed by atoms with Crippen LogP contribution in [0.2, 0.25) is 5.02 Å². The number of amides is 1. The molecule has 0 spiro atoms. The number of anilines is 1. The van der Waals surface area contributed by atoms with Crippen LogP contribution in [-0.2, 0) is 13.1 Å². The molecule has 1 saturated heterocycles. The Bertz CT molecular complexity index is 806. The van der Waals surface area contributed by atoms with Crippen LogP contribution in [0.1, 0.15) is 28.2 Å². The highest BCUT2D eigenvalue weighted by Crippen LogP contribution is 2.29. The number of hydrogen-bond donors (Lipinski definition) is 1. The summed E-state index contributed by atoms with van der Waals surface area (Å²) >= 11 is 6.24. The number of rotatable bonds is 4. The van der Waals surface area contributed by atoms with Crippen LogP contribution in [0.3, 0.4) is 0 Å². The van der Waals surface area contributed by atoms with Crippen LogP contribution in [-0.4, -0.2) is 52.4 Å². The van der Waals surface area contributed by atoms with Crippen molar-refractivity contribution in [2.24, 2.45) is 5.92 Å². The minimum absolute atomic E-state index is 0.0923. The molecule has 1 unspecified atom stereocenters. The number of nitrogens with one attached hydrogen (secondary N) is 1. The zero-order valence-electron chi connectivity index (χ0n) is 14.7. The van der Waals surface area contributed by atoms with Crippen molar-refractivity contribution < 1.29 is 4.79 Å². The van der Waals surface area contributed by atoms with Gasteiger partial charge in [0.05, 0.1) is 24.6 Å². The summed E-state index contributed by atoms with van der Waals surface area (Å²) in [5.74, 6) is 1.14. The molecule has 0 aromatic carbocycles. The van der Waals surface area contributed by atoms with Gasteiger partial charge in [-0.15, -0.1) is 0 Å². The van der Waals surface area contributed by atoms with Crippen molar-refractivity contribution >= 4 is 23.3 Å². The van der Waals surface area contributed by atoms with E-state index in [9.17, 15) is 4.79 Å². The van der Waals surface area contributed by atoms with Crippen molar-refractivity contribution in [2.75, 3.05) is 31.6 Å². The largest absolute Gasteiger partial charge is 0.345 e. The van der Waals surface area contributed by atoms with Gasteiger partial charge in [0.2, 0.25) is 0 Å². The molecule has 136 valence electrons. The van der Waals surface area contributed by atoms with Crippen molar-refractivity contribution in [3.8, 4) is 0 Å². The molecule has 1 atom stereocenters. The first kappa shape index (κ1) is 17.2. The molecular weight excluding hydrogens is 352 g/mol. The first-order valence-electron chi connectivity index (χ1n) is 8.77. The number of pyridine rings is 1. The topological polar surface area (TPSA) is 74.2 Å². The van der Waals surface area contributed by atoms with Gasteiger partial charge in [-0.2, -0.15) is 0 Å². The molecule has 2 aliphatic heterocycles. The van der Waals surface area contributed by atoms with Crippen LogP contribution >= 0.6 is 11.6 Å². The predicted molar refractivity (Wildman–Crippen MR) is 99.1 cm³/mol. The minimum Gasteiger partial charge on any atom is -0.345 e. The Morgan fingerprint density at radius 2 is 2.23 bits per heavy atom. The van der Waals surface area contributed by atoms with E-state index in [-0.39, 0.29) is 5.91 Å². The maximum atomic E-state index is 12.6. The number of hydrogen-bond acceptors (Lipinski definition) is 6. The lowest BCUT2D eigenvalue weighted by Gasteiger charge is -2.21. The van der Waals surface area contributed by atoms with Crippen LogP contribution in [0.15, 0.2) is 24.7 Å². The third-order valence-corrected chi connectivity index (χ3v) is 5.35. The molecular formula is C18H21ClN6O. The molecule has 4 heterocycles. The van der Waals surface area contributed by atoms with Crippen molar-refractivity contribution in [1.29, 1.82) is 0 Å². The summed E-state index contributed by atoms with van der Waals surface area (Å²) in [6.45, 7) is 4.03. The van der Waals surface area contributed by atoms with Gasteiger partial charge in [-0.05, 0) is 31.5 Å². The maximum Gasteiger partial charge on any atom is 0.273 e. The van der Waals surface area contributed by atoms with E-state index in [0.717, 1.165) is 48.2 Å². The van der Waals surface area contributed by atoms with Crippen LogP contribution in [0.5, 0.6) is 0 Å². The molecule has 2 aromatic rings. The minimum atomic E-state index is -0.0923. The number of aromatic nitrogens is 3. The summed E-state index contributed by atoms with van der Waals surface area (Å²) in [5.41, 5.74) is 2.36. The van der Waals surface area contributed by atoms with E-state index < -0.39 is 0 Å². The lowest BCUT2D eigenvalue weighted by Crippen LogP contribution is -2.33. The van der Waals surface area contributed by atoms with Gasteiger partial charge < -0.3 is 15.1 Å². The van der Waals surface area contributed by atoms with E-state index in [1.165, 1.54) is 0 Å². The Hall–Kier alpha value is -2.25. The fraction of sp³-hybridized carbons (Fsp3) is 0.444. The number of fused-ring (bicyclic) bond motifs is 1. The molecule has 2 aromatic heterocycles. The molecule has 1 amide bonds. The van der Waals surface area contributed by atoms with Gasteiger partial charge in [-0.1, -0.05) is 11.6 Å². The molecule has 4 rings (SSSR count). The predicted octanol–water partition coefficient (Wildman–Crippen LogP) is 1.73. The van der Waals surface area contributed by atoms with Gasteiger partial charge >= 0.3 is 0 Å². The Kier molecular flexibility index (Phi) is 4.74. The second-order valence-corrected chi connectivity index (χ2v) is 7.29. The number of nitrogens with zero attached hydrogens (tertiary/aromatic N) is 5. The SMILES string of the molecule is CN(CC1CCNC1)C(=O)c1cnc(N2Cc3nccc(Cl)c3C2)cn1. The van der Waals surface area contributed by atoms with E-state index in [4.69, 9.17) is 11.6 Å². The molecule has 0 bridgehead atoms. The van der Waals surface area contributed by atoms with Crippen molar-refractivity contribution in [1.82, 2.24) is 25.2 Å². The van der Waals surface area contributed by atoms with Crippen LogP contribution in [0.25, 0.3) is 0 Å². The van der Waals surface area contributed by atoms with Crippen LogP contribution < -0.4 is 10.2 Å². The Morgan fingerprint density at radius 1 is 1.35 bits per heavy atom. The van der Waals surface area contributed by atoms with E-state index in [2.05, 4.69) is 25.2 Å². The van der Waals surface area contributed by atoms with Crippen LogP contribution in [0, 0.1) is 5.92 Å². The second kappa shape index (κ2) is 7.17. The smallest absolute Gasteiger partial charge is 0.273 e. The number of carbonyl (C=O) groups excluding carboxylic acids is 1. The highest BCUT2D eigenvalue weighted by molar-refractivity contribution is 6.31. The molecule has 8 heteroatoms. The summed E-state index contributed by atoms with van der Waals surface area (Å²) in [6, 6.07) is 1.80. The molecule has 0 radical (unpaired) electrons.